The molecule has 0 atom stereocenters. The van der Waals surface area contributed by atoms with E-state index in [9.17, 15) is 0 Å². The zero-order chi connectivity index (χ0) is 56.0. The predicted octanol–water partition coefficient (Wildman–Crippen LogP) is 22.4. The van der Waals surface area contributed by atoms with Crippen molar-refractivity contribution in [2.45, 2.75) is 50.9 Å². The molecule has 0 unspecified atom stereocenters. The van der Waals surface area contributed by atoms with Gasteiger partial charge in [-0.15, -0.1) is 0 Å². The minimum Gasteiger partial charge on any atom is -0.455 e. The van der Waals surface area contributed by atoms with Crippen LogP contribution in [0.1, 0.15) is 73.6 Å². The van der Waals surface area contributed by atoms with Crippen LogP contribution >= 0.6 is 0 Å². The molecule has 2 aromatic heterocycles. The van der Waals surface area contributed by atoms with E-state index >= 15 is 0 Å². The lowest BCUT2D eigenvalue weighted by molar-refractivity contribution is 0.659. The van der Waals surface area contributed by atoms with Crippen molar-refractivity contribution in [2.24, 2.45) is 0 Å². The molecule has 15 aromatic rings. The normalized spacial score (nSPS) is 14.8. The fraction of sp³-hybridized carbons (Fsp3) is 0.0976. The van der Waals surface area contributed by atoms with E-state index in [4.69, 9.17) is 8.83 Å². The molecular formula is C82H56O2. The molecule has 0 N–H and O–H groups in total. The van der Waals surface area contributed by atoms with E-state index in [1.807, 2.05) is 0 Å². The van der Waals surface area contributed by atoms with Crippen LogP contribution in [0.25, 0.3) is 143 Å². The van der Waals surface area contributed by atoms with Crippen molar-refractivity contribution < 1.29 is 8.83 Å². The summed E-state index contributed by atoms with van der Waals surface area (Å²) in [4.78, 5) is 0. The fourth-order valence-corrected chi connectivity index (χ4v) is 16.0. The number of para-hydroxylation sites is 4. The monoisotopic (exact) mass is 1070 g/mol. The van der Waals surface area contributed by atoms with Crippen molar-refractivity contribution in [3.05, 3.63) is 288 Å². The number of hydrogen-bond acceptors (Lipinski definition) is 2. The minimum atomic E-state index is -0.452. The summed E-state index contributed by atoms with van der Waals surface area (Å²) >= 11 is 0. The van der Waals surface area contributed by atoms with Crippen LogP contribution in [0, 0.1) is 0 Å². The molecule has 0 saturated heterocycles. The molecule has 2 nitrogen and oxygen atoms in total. The van der Waals surface area contributed by atoms with Crippen molar-refractivity contribution >= 4 is 65.4 Å². The van der Waals surface area contributed by atoms with Crippen LogP contribution < -0.4 is 0 Å². The zero-order valence-electron chi connectivity index (χ0n) is 47.5. The average Bonchev–Trinajstić information content (AvgIpc) is 1.92. The third-order valence-corrected chi connectivity index (χ3v) is 20.2. The summed E-state index contributed by atoms with van der Waals surface area (Å²) in [6.45, 7) is 12.3. The van der Waals surface area contributed by atoms with E-state index in [-0.39, 0.29) is 10.8 Å². The molecule has 0 spiro atoms. The first kappa shape index (κ1) is 47.6. The number of fused-ring (bicyclic) bond motifs is 19. The summed E-state index contributed by atoms with van der Waals surface area (Å²) in [5.74, 6) is 0. The number of rotatable bonds is 5. The molecule has 2 heterocycles. The number of benzene rings is 13. The Kier molecular flexibility index (Phi) is 9.53. The zero-order valence-corrected chi connectivity index (χ0v) is 47.5. The molecule has 0 bridgehead atoms. The van der Waals surface area contributed by atoms with Crippen LogP contribution in [0.3, 0.4) is 0 Å². The van der Waals surface area contributed by atoms with Crippen LogP contribution in [0.4, 0.5) is 0 Å². The van der Waals surface area contributed by atoms with Crippen LogP contribution in [-0.4, -0.2) is 0 Å². The van der Waals surface area contributed by atoms with Gasteiger partial charge in [-0.25, -0.2) is 0 Å². The molecule has 84 heavy (non-hydrogen) atoms. The Bertz CT molecular complexity index is 5040. The highest BCUT2D eigenvalue weighted by molar-refractivity contribution is 6.19. The van der Waals surface area contributed by atoms with Crippen molar-refractivity contribution in [3.63, 3.8) is 0 Å². The molecule has 0 aliphatic heterocycles. The van der Waals surface area contributed by atoms with Gasteiger partial charge in [0.15, 0.2) is 0 Å². The van der Waals surface area contributed by atoms with E-state index in [0.29, 0.717) is 0 Å². The lowest BCUT2D eigenvalue weighted by Gasteiger charge is -2.30. The Morgan fingerprint density at radius 1 is 0.226 bits per heavy atom. The van der Waals surface area contributed by atoms with E-state index in [0.717, 1.165) is 77.3 Å². The van der Waals surface area contributed by atoms with Crippen LogP contribution in [-0.2, 0) is 16.2 Å². The molecule has 0 saturated carbocycles. The Morgan fingerprint density at radius 2 is 0.536 bits per heavy atom. The summed E-state index contributed by atoms with van der Waals surface area (Å²) in [6, 6.07) is 92.6. The molecule has 18 rings (SSSR count). The van der Waals surface area contributed by atoms with Crippen molar-refractivity contribution in [1.82, 2.24) is 0 Å². The highest BCUT2D eigenvalue weighted by atomic mass is 16.3. The summed E-state index contributed by atoms with van der Waals surface area (Å²) in [5, 5.41) is 9.52. The Morgan fingerprint density at radius 3 is 0.940 bits per heavy atom. The summed E-state index contributed by atoms with van der Waals surface area (Å²) in [7, 11) is 0. The first-order valence-electron chi connectivity index (χ1n) is 29.6. The van der Waals surface area contributed by atoms with Gasteiger partial charge in [0, 0.05) is 60.0 Å². The minimum absolute atomic E-state index is 0.319. The van der Waals surface area contributed by atoms with Crippen molar-refractivity contribution in [1.29, 1.82) is 0 Å². The first-order valence-corrected chi connectivity index (χ1v) is 29.6. The molecule has 0 fully saturated rings. The quantitative estimate of drug-likeness (QED) is 0.172. The maximum atomic E-state index is 7.11. The van der Waals surface area contributed by atoms with Gasteiger partial charge < -0.3 is 8.83 Å². The van der Waals surface area contributed by atoms with Crippen LogP contribution in [0.5, 0.6) is 0 Å². The standard InChI is InChI=1S/C82H56O2/c1-80(2)68-43-64-65-44-69-67(75-55-32-18-16-30-53(55)63(42-73(75)81(69,3)4)61-40-22-38-59-57-36-20-34-51(77(57)84-79(59)61)48-25-11-7-12-26-48)46-71(65)82(5,49-27-13-8-14-28-49)70(64)45-66(68)74-54-31-17-15-29-52(54)62(41-72(74)80)60-39-21-37-58-56-35-19-33-50(76(56)83-78(58)60)47-23-9-6-10-24-47/h6-46H,1-5H3. The molecule has 3 aliphatic rings. The Hall–Kier alpha value is -10.0. The van der Waals surface area contributed by atoms with Gasteiger partial charge in [0.1, 0.15) is 22.3 Å². The maximum Gasteiger partial charge on any atom is 0.143 e. The lowest BCUT2D eigenvalue weighted by Crippen LogP contribution is -2.23. The molecule has 0 amide bonds. The van der Waals surface area contributed by atoms with Crippen LogP contribution in [0.15, 0.2) is 258 Å². The van der Waals surface area contributed by atoms with Gasteiger partial charge in [0.2, 0.25) is 0 Å². The maximum absolute atomic E-state index is 7.11. The van der Waals surface area contributed by atoms with Gasteiger partial charge in [-0.2, -0.15) is 0 Å². The third-order valence-electron chi connectivity index (χ3n) is 20.2. The van der Waals surface area contributed by atoms with Gasteiger partial charge in [-0.05, 0) is 159 Å². The van der Waals surface area contributed by atoms with Gasteiger partial charge in [0.05, 0.1) is 0 Å². The third kappa shape index (κ3) is 6.19. The molecule has 2 heteroatoms. The lowest BCUT2D eigenvalue weighted by atomic mass is 9.72. The summed E-state index contributed by atoms with van der Waals surface area (Å²) < 4.78 is 14.2. The molecular weight excluding hydrogens is 1020 g/mol. The molecule has 0 radical (unpaired) electrons. The predicted molar refractivity (Wildman–Crippen MR) is 350 cm³/mol. The van der Waals surface area contributed by atoms with Crippen molar-refractivity contribution in [3.8, 4) is 77.9 Å². The second-order valence-corrected chi connectivity index (χ2v) is 25.1. The highest BCUT2D eigenvalue weighted by Gasteiger charge is 2.48. The Balaban J connectivity index is 0.823. The summed E-state index contributed by atoms with van der Waals surface area (Å²) in [6.07, 6.45) is 0. The van der Waals surface area contributed by atoms with Gasteiger partial charge in [0.25, 0.3) is 0 Å². The SMILES string of the molecule is CC1(C)c2cc3c(cc2-c2c1cc(-c1cccc4c1oc1c(-c5ccccc5)cccc14)c1ccccc21)C(C)(c1ccccc1)c1cc2c(cc1-3)C(C)(C)c1cc(-c3cccc4c3oc3c(-c5ccccc5)cccc34)c3ccccc3c1-2. The molecule has 13 aromatic carbocycles. The Labute approximate surface area is 487 Å². The molecule has 396 valence electrons. The average molecular weight is 1070 g/mol. The van der Waals surface area contributed by atoms with Crippen molar-refractivity contribution in [2.75, 3.05) is 0 Å². The molecule has 3 aliphatic carbocycles. The van der Waals surface area contributed by atoms with E-state index in [1.165, 1.54) is 105 Å². The van der Waals surface area contributed by atoms with Gasteiger partial charge in [-0.3, -0.25) is 0 Å². The van der Waals surface area contributed by atoms with E-state index in [2.05, 4.69) is 283 Å². The van der Waals surface area contributed by atoms with Gasteiger partial charge in [-0.1, -0.05) is 240 Å². The second kappa shape index (κ2) is 16.8. The first-order chi connectivity index (χ1) is 41.1. The second-order valence-electron chi connectivity index (χ2n) is 25.1. The van der Waals surface area contributed by atoms with Gasteiger partial charge >= 0.3 is 0 Å². The summed E-state index contributed by atoms with van der Waals surface area (Å²) in [5.41, 5.74) is 29.1. The largest absolute Gasteiger partial charge is 0.455 e. The van der Waals surface area contributed by atoms with Crippen LogP contribution in [0.2, 0.25) is 0 Å². The highest BCUT2D eigenvalue weighted by Crippen LogP contribution is 2.63. The number of hydrogen-bond donors (Lipinski definition) is 0. The van der Waals surface area contributed by atoms with E-state index in [1.54, 1.807) is 0 Å². The fourth-order valence-electron chi connectivity index (χ4n) is 16.0. The number of furan rings is 2. The smallest absolute Gasteiger partial charge is 0.143 e. The van der Waals surface area contributed by atoms with E-state index < -0.39 is 5.41 Å². The topological polar surface area (TPSA) is 26.3 Å².